The lowest BCUT2D eigenvalue weighted by molar-refractivity contribution is -0.870. The normalized spacial score (nSPS) is 13.4. The number of unbranched alkanes of at least 4 members (excludes halogenated alkanes) is 32. The highest BCUT2D eigenvalue weighted by atomic mass is 31.2. The maximum atomic E-state index is 12.7. The van der Waals surface area contributed by atoms with Gasteiger partial charge in [-0.1, -0.05) is 219 Å². The number of phosphoric ester groups is 1. The Morgan fingerprint density at radius 2 is 0.776 bits per heavy atom. The van der Waals surface area contributed by atoms with Gasteiger partial charge in [-0.15, -0.1) is 0 Å². The molecule has 0 radical (unpaired) electrons. The van der Waals surface area contributed by atoms with Crippen LogP contribution in [-0.2, 0) is 32.7 Å². The van der Waals surface area contributed by atoms with Gasteiger partial charge in [0.25, 0.3) is 0 Å². The lowest BCUT2D eigenvalue weighted by Gasteiger charge is -2.24. The molecule has 0 aliphatic carbocycles. The van der Waals surface area contributed by atoms with Crippen LogP contribution < -0.4 is 0 Å². The molecule has 0 aromatic carbocycles. The van der Waals surface area contributed by atoms with Crippen molar-refractivity contribution in [2.45, 2.75) is 251 Å². The van der Waals surface area contributed by atoms with Crippen LogP contribution in [-0.4, -0.2) is 74.9 Å². The van der Waals surface area contributed by atoms with E-state index in [-0.39, 0.29) is 25.6 Å². The average molecular weight is 847 g/mol. The molecule has 0 bridgehead atoms. The number of rotatable bonds is 46. The van der Waals surface area contributed by atoms with Gasteiger partial charge >= 0.3 is 19.8 Å². The van der Waals surface area contributed by atoms with Gasteiger partial charge in [-0.3, -0.25) is 18.6 Å². The van der Waals surface area contributed by atoms with E-state index in [1.165, 1.54) is 180 Å². The number of esters is 2. The third kappa shape index (κ3) is 44.6. The molecule has 0 spiro atoms. The SMILES string of the molecule is CCCCCCCCCCCCCCCCCCCCCCCCCC(=O)OCC(COP(=O)(O)OCC[N+](C)(C)C)OC(=O)CCCCCCCCCCCCC. The second kappa shape index (κ2) is 41.4. The molecule has 0 amide bonds. The fraction of sp³-hybridized carbons (Fsp3) is 0.958. The van der Waals surface area contributed by atoms with Gasteiger partial charge in [-0.05, 0) is 12.8 Å². The summed E-state index contributed by atoms with van der Waals surface area (Å²) in [6.07, 6.45) is 43.0. The third-order valence-electron chi connectivity index (χ3n) is 11.1. The predicted molar refractivity (Wildman–Crippen MR) is 243 cm³/mol. The molecule has 346 valence electrons. The van der Waals surface area contributed by atoms with Crippen LogP contribution in [0.2, 0.25) is 0 Å². The molecule has 0 saturated heterocycles. The van der Waals surface area contributed by atoms with Crippen molar-refractivity contribution >= 4 is 19.8 Å². The summed E-state index contributed by atoms with van der Waals surface area (Å²) in [5.74, 6) is -0.782. The molecule has 1 N–H and O–H groups in total. The van der Waals surface area contributed by atoms with Gasteiger partial charge in [0.15, 0.2) is 6.10 Å². The van der Waals surface area contributed by atoms with Crippen LogP contribution in [0.1, 0.15) is 245 Å². The minimum atomic E-state index is -4.37. The van der Waals surface area contributed by atoms with Gasteiger partial charge in [0.05, 0.1) is 27.7 Å². The number of phosphoric acid groups is 1. The van der Waals surface area contributed by atoms with Crippen molar-refractivity contribution in [2.24, 2.45) is 0 Å². The topological polar surface area (TPSA) is 108 Å². The minimum absolute atomic E-state index is 0.0368. The van der Waals surface area contributed by atoms with Crippen LogP contribution in [0.3, 0.4) is 0 Å². The molecule has 0 heterocycles. The van der Waals surface area contributed by atoms with Crippen LogP contribution in [0, 0.1) is 0 Å². The number of carbonyl (C=O) groups is 2. The molecule has 0 fully saturated rings. The van der Waals surface area contributed by atoms with Crippen molar-refractivity contribution in [2.75, 3.05) is 47.5 Å². The number of likely N-dealkylation sites (N-methyl/N-ethyl adjacent to an activating group) is 1. The summed E-state index contributed by atoms with van der Waals surface area (Å²) in [7, 11) is 1.49. The van der Waals surface area contributed by atoms with Crippen LogP contribution >= 0.6 is 7.82 Å². The summed E-state index contributed by atoms with van der Waals surface area (Å²) in [5.41, 5.74) is 0. The van der Waals surface area contributed by atoms with E-state index in [4.69, 9.17) is 18.5 Å². The zero-order chi connectivity index (χ0) is 42.8. The molecule has 0 aliphatic rings. The highest BCUT2D eigenvalue weighted by Crippen LogP contribution is 2.43. The molecular weight excluding hydrogens is 750 g/mol. The van der Waals surface area contributed by atoms with Crippen molar-refractivity contribution < 1.29 is 42.1 Å². The molecule has 58 heavy (non-hydrogen) atoms. The summed E-state index contributed by atoms with van der Waals surface area (Å²) in [5, 5.41) is 0. The maximum absolute atomic E-state index is 12.7. The van der Waals surface area contributed by atoms with E-state index in [0.29, 0.717) is 17.4 Å². The monoisotopic (exact) mass is 847 g/mol. The highest BCUT2D eigenvalue weighted by molar-refractivity contribution is 7.47. The Kier molecular flexibility index (Phi) is 40.7. The Morgan fingerprint density at radius 3 is 1.10 bits per heavy atom. The second-order valence-corrected chi connectivity index (χ2v) is 19.7. The molecule has 0 rings (SSSR count). The molecule has 0 aromatic rings. The van der Waals surface area contributed by atoms with Gasteiger partial charge in [0.2, 0.25) is 0 Å². The zero-order valence-corrected chi connectivity index (χ0v) is 40.0. The molecule has 2 atom stereocenters. The van der Waals surface area contributed by atoms with E-state index in [0.717, 1.165) is 38.5 Å². The van der Waals surface area contributed by atoms with Crippen molar-refractivity contribution in [3.8, 4) is 0 Å². The summed E-state index contributed by atoms with van der Waals surface area (Å²) in [4.78, 5) is 35.4. The Balaban J connectivity index is 4.11. The number of ether oxygens (including phenoxy) is 2. The first-order valence-corrected chi connectivity index (χ1v) is 26.3. The number of hydrogen-bond acceptors (Lipinski definition) is 7. The van der Waals surface area contributed by atoms with E-state index < -0.39 is 26.5 Å². The summed E-state index contributed by atoms with van der Waals surface area (Å²) >= 11 is 0. The van der Waals surface area contributed by atoms with E-state index in [9.17, 15) is 19.0 Å². The lowest BCUT2D eigenvalue weighted by Crippen LogP contribution is -2.37. The van der Waals surface area contributed by atoms with E-state index in [2.05, 4.69) is 13.8 Å². The quantitative estimate of drug-likeness (QED) is 0.0279. The highest BCUT2D eigenvalue weighted by Gasteiger charge is 2.27. The first-order valence-electron chi connectivity index (χ1n) is 24.8. The van der Waals surface area contributed by atoms with Crippen molar-refractivity contribution in [1.82, 2.24) is 0 Å². The average Bonchev–Trinajstić information content (AvgIpc) is 3.17. The lowest BCUT2D eigenvalue weighted by atomic mass is 10.0. The standard InChI is InChI=1S/C48H96NO8P/c1-6-8-10-12-14-16-18-19-20-21-22-23-24-25-26-27-28-29-31-32-34-36-38-40-47(50)54-44-46(45-56-58(52,53)55-43-42-49(3,4)5)57-48(51)41-39-37-35-33-30-17-15-13-11-9-7-2/h46H,6-45H2,1-5H3/p+1. The molecule has 0 saturated carbocycles. The first-order chi connectivity index (χ1) is 28.0. The van der Waals surface area contributed by atoms with E-state index in [1.807, 2.05) is 21.1 Å². The Hall–Kier alpha value is -0.990. The van der Waals surface area contributed by atoms with Gasteiger partial charge < -0.3 is 18.9 Å². The largest absolute Gasteiger partial charge is 0.472 e. The van der Waals surface area contributed by atoms with Crippen molar-refractivity contribution in [3.05, 3.63) is 0 Å². The number of hydrogen-bond donors (Lipinski definition) is 1. The summed E-state index contributed by atoms with van der Waals surface area (Å²) in [6.45, 7) is 4.46. The molecule has 0 aliphatic heterocycles. The fourth-order valence-electron chi connectivity index (χ4n) is 7.25. The predicted octanol–water partition coefficient (Wildman–Crippen LogP) is 14.4. The van der Waals surface area contributed by atoms with Crippen LogP contribution in [0.25, 0.3) is 0 Å². The van der Waals surface area contributed by atoms with Gasteiger partial charge in [0, 0.05) is 12.8 Å². The molecule has 9 nitrogen and oxygen atoms in total. The van der Waals surface area contributed by atoms with E-state index in [1.54, 1.807) is 0 Å². The smallest absolute Gasteiger partial charge is 0.462 e. The Morgan fingerprint density at radius 1 is 0.466 bits per heavy atom. The zero-order valence-electron chi connectivity index (χ0n) is 39.1. The fourth-order valence-corrected chi connectivity index (χ4v) is 7.99. The third-order valence-corrected chi connectivity index (χ3v) is 12.1. The Bertz CT molecular complexity index is 958. The molecule has 0 aromatic heterocycles. The van der Waals surface area contributed by atoms with Gasteiger partial charge in [-0.2, -0.15) is 0 Å². The van der Waals surface area contributed by atoms with Crippen LogP contribution in [0.5, 0.6) is 0 Å². The maximum Gasteiger partial charge on any atom is 0.472 e. The van der Waals surface area contributed by atoms with Crippen LogP contribution in [0.15, 0.2) is 0 Å². The van der Waals surface area contributed by atoms with E-state index >= 15 is 0 Å². The molecular formula is C48H97NO8P+. The number of carbonyl (C=O) groups excluding carboxylic acids is 2. The van der Waals surface area contributed by atoms with Gasteiger partial charge in [0.1, 0.15) is 19.8 Å². The minimum Gasteiger partial charge on any atom is -0.462 e. The first kappa shape index (κ1) is 57.0. The Labute approximate surface area is 359 Å². The molecule has 2 unspecified atom stereocenters. The van der Waals surface area contributed by atoms with Crippen molar-refractivity contribution in [3.63, 3.8) is 0 Å². The van der Waals surface area contributed by atoms with Gasteiger partial charge in [-0.25, -0.2) is 4.57 Å². The molecule has 10 heteroatoms. The summed E-state index contributed by atoms with van der Waals surface area (Å²) < 4.78 is 34.4. The number of nitrogens with zero attached hydrogens (tertiary/aromatic N) is 1. The van der Waals surface area contributed by atoms with Crippen LogP contribution in [0.4, 0.5) is 0 Å². The van der Waals surface area contributed by atoms with Crippen molar-refractivity contribution in [1.29, 1.82) is 0 Å². The number of quaternary nitrogens is 1. The summed E-state index contributed by atoms with van der Waals surface area (Å²) in [6, 6.07) is 0. The second-order valence-electron chi connectivity index (χ2n) is 18.2.